The first-order chi connectivity index (χ1) is 25.3. The number of fused-ring (bicyclic) bond motifs is 1. The zero-order valence-corrected chi connectivity index (χ0v) is 32.8. The van der Waals surface area contributed by atoms with Crippen molar-refractivity contribution in [2.24, 2.45) is 11.3 Å². The maximum Gasteiger partial charge on any atom is 0.408 e. The lowest BCUT2D eigenvalue weighted by Gasteiger charge is -2.36. The number of methoxy groups -OCH3 is 2. The average Bonchev–Trinajstić information content (AvgIpc) is 3.36. The van der Waals surface area contributed by atoms with Crippen molar-refractivity contribution in [2.75, 3.05) is 26.1 Å². The first-order valence-corrected chi connectivity index (χ1v) is 18.4. The van der Waals surface area contributed by atoms with E-state index in [4.69, 9.17) is 23.9 Å². The van der Waals surface area contributed by atoms with Gasteiger partial charge in [-0.25, -0.2) is 19.6 Å². The van der Waals surface area contributed by atoms with Gasteiger partial charge in [-0.05, 0) is 44.7 Å². The maximum absolute atomic E-state index is 14.6. The van der Waals surface area contributed by atoms with E-state index in [-0.39, 0.29) is 24.8 Å². The van der Waals surface area contributed by atoms with Crippen LogP contribution in [0.1, 0.15) is 61.3 Å². The molecule has 2 fully saturated rings. The number of pyridine rings is 1. The second kappa shape index (κ2) is 15.2. The summed E-state index contributed by atoms with van der Waals surface area (Å²) in [6.45, 7) is 15.7. The lowest BCUT2D eigenvalue weighted by atomic mass is 9.85. The van der Waals surface area contributed by atoms with Crippen molar-refractivity contribution in [1.82, 2.24) is 25.5 Å². The highest BCUT2D eigenvalue weighted by molar-refractivity contribution is 7.14. The molecule has 5 rings (SSSR count). The molecule has 15 nitrogen and oxygen atoms in total. The number of hydrogen-bond acceptors (Lipinski definition) is 12. The smallest absolute Gasteiger partial charge is 0.408 e. The van der Waals surface area contributed by atoms with Gasteiger partial charge >= 0.3 is 12.1 Å². The molecule has 0 bridgehead atoms. The molecule has 3 N–H and O–H groups in total. The molecule has 1 aromatic carbocycles. The van der Waals surface area contributed by atoms with E-state index in [0.717, 1.165) is 0 Å². The standard InChI is InChI=1S/C38H48N6O9S/c1-11-21-17-38(21,33(48)51-10)43-31(46)28-15-23(18-44(28)32(47)30(36(3,4)5)42-35(49)53-37(6,7)8)52-29-16-26(27-19-54-34(41-27)39-20(2)45)40-25-14-22(50-9)12-13-24(25)29/h11-14,16,19,21,23,28,30H,1,15,17-18H2,2-10H3,(H,42,49)(H,43,46)(H,39,41,45)/t21-,23?,28-,30+,38+/m0/s1. The molecule has 3 heterocycles. The fraction of sp³-hybridized carbons (Fsp3) is 0.500. The number of hydrogen-bond donors (Lipinski definition) is 3. The van der Waals surface area contributed by atoms with Crippen LogP contribution < -0.4 is 25.4 Å². The number of anilines is 1. The molecule has 290 valence electrons. The molecule has 4 amide bonds. The number of likely N-dealkylation sites (tertiary alicyclic amines) is 1. The maximum atomic E-state index is 14.6. The first-order valence-electron chi connectivity index (χ1n) is 17.5. The van der Waals surface area contributed by atoms with E-state index in [9.17, 15) is 24.0 Å². The Morgan fingerprint density at radius 2 is 1.78 bits per heavy atom. The van der Waals surface area contributed by atoms with Gasteiger partial charge in [0.25, 0.3) is 0 Å². The van der Waals surface area contributed by atoms with Gasteiger partial charge in [-0.1, -0.05) is 26.8 Å². The molecular weight excluding hydrogens is 717 g/mol. The molecule has 0 spiro atoms. The summed E-state index contributed by atoms with van der Waals surface area (Å²) in [4.78, 5) is 77.0. The summed E-state index contributed by atoms with van der Waals surface area (Å²) < 4.78 is 22.6. The summed E-state index contributed by atoms with van der Waals surface area (Å²) in [7, 11) is 2.79. The summed E-state index contributed by atoms with van der Waals surface area (Å²) >= 11 is 1.24. The summed E-state index contributed by atoms with van der Waals surface area (Å²) in [6.07, 6.45) is 0.436. The highest BCUT2D eigenvalue weighted by Crippen LogP contribution is 2.46. The minimum Gasteiger partial charge on any atom is -0.497 e. The van der Waals surface area contributed by atoms with Crippen LogP contribution in [0, 0.1) is 11.3 Å². The van der Waals surface area contributed by atoms with Gasteiger partial charge in [0.05, 0.1) is 32.0 Å². The number of nitrogens with zero attached hydrogens (tertiary/aromatic N) is 3. The molecule has 2 aliphatic rings. The van der Waals surface area contributed by atoms with Crippen molar-refractivity contribution >= 4 is 57.2 Å². The number of rotatable bonds is 11. The Bertz CT molecular complexity index is 1970. The van der Waals surface area contributed by atoms with E-state index >= 15 is 0 Å². The van der Waals surface area contributed by atoms with Gasteiger partial charge in [0, 0.05) is 42.2 Å². The summed E-state index contributed by atoms with van der Waals surface area (Å²) in [5.74, 6) is -1.36. The molecule has 54 heavy (non-hydrogen) atoms. The third kappa shape index (κ3) is 8.75. The van der Waals surface area contributed by atoms with Gasteiger partial charge in [0.1, 0.15) is 46.5 Å². The van der Waals surface area contributed by atoms with Crippen LogP contribution in [0.5, 0.6) is 11.5 Å². The van der Waals surface area contributed by atoms with E-state index in [0.29, 0.717) is 45.3 Å². The predicted molar refractivity (Wildman–Crippen MR) is 202 cm³/mol. The number of aromatic nitrogens is 2. The molecule has 1 unspecified atom stereocenters. The Morgan fingerprint density at radius 3 is 2.37 bits per heavy atom. The van der Waals surface area contributed by atoms with Crippen LogP contribution in [0.3, 0.4) is 0 Å². The zero-order valence-electron chi connectivity index (χ0n) is 32.0. The Hall–Kier alpha value is -5.25. The zero-order chi connectivity index (χ0) is 39.7. The molecule has 16 heteroatoms. The number of ether oxygens (including phenoxy) is 4. The summed E-state index contributed by atoms with van der Waals surface area (Å²) in [6, 6.07) is 4.85. The Kier molecular flexibility index (Phi) is 11.3. The average molecular weight is 765 g/mol. The largest absolute Gasteiger partial charge is 0.497 e. The topological polar surface area (TPSA) is 187 Å². The van der Waals surface area contributed by atoms with Crippen LogP contribution in [-0.4, -0.2) is 94.7 Å². The van der Waals surface area contributed by atoms with Gasteiger partial charge in [-0.15, -0.1) is 17.9 Å². The van der Waals surface area contributed by atoms with Gasteiger partial charge in [0.15, 0.2) is 5.13 Å². The second-order valence-electron chi connectivity index (χ2n) is 15.5. The third-order valence-corrected chi connectivity index (χ3v) is 9.90. The Balaban J connectivity index is 1.52. The lowest BCUT2D eigenvalue weighted by Crippen LogP contribution is -2.59. The van der Waals surface area contributed by atoms with Crippen LogP contribution >= 0.6 is 11.3 Å². The van der Waals surface area contributed by atoms with Crippen molar-refractivity contribution in [1.29, 1.82) is 0 Å². The number of nitrogens with one attached hydrogen (secondary N) is 3. The molecule has 0 radical (unpaired) electrons. The van der Waals surface area contributed by atoms with Crippen LogP contribution in [0.15, 0.2) is 42.3 Å². The molecule has 1 saturated carbocycles. The monoisotopic (exact) mass is 764 g/mol. The number of thiazole rings is 1. The van der Waals surface area contributed by atoms with Gasteiger partial charge in [-0.2, -0.15) is 0 Å². The van der Waals surface area contributed by atoms with Crippen LogP contribution in [0.4, 0.5) is 9.93 Å². The normalized spacial score (nSPS) is 21.4. The van der Waals surface area contributed by atoms with E-state index in [1.807, 2.05) is 0 Å². The summed E-state index contributed by atoms with van der Waals surface area (Å²) in [5, 5.41) is 11.1. The van der Waals surface area contributed by atoms with Crippen molar-refractivity contribution in [3.8, 4) is 22.9 Å². The van der Waals surface area contributed by atoms with Gasteiger partial charge in [-0.3, -0.25) is 14.4 Å². The van der Waals surface area contributed by atoms with Gasteiger partial charge in [0.2, 0.25) is 17.7 Å². The van der Waals surface area contributed by atoms with Gasteiger partial charge < -0.3 is 39.8 Å². The van der Waals surface area contributed by atoms with Crippen LogP contribution in [0.25, 0.3) is 22.3 Å². The molecule has 1 saturated heterocycles. The fourth-order valence-electron chi connectivity index (χ4n) is 6.41. The quantitative estimate of drug-likeness (QED) is 0.179. The molecule has 5 atom stereocenters. The Morgan fingerprint density at radius 1 is 1.06 bits per heavy atom. The van der Waals surface area contributed by atoms with Crippen molar-refractivity contribution in [3.05, 3.63) is 42.3 Å². The number of alkyl carbamates (subject to hydrolysis) is 1. The highest BCUT2D eigenvalue weighted by Gasteiger charge is 2.62. The van der Waals surface area contributed by atoms with E-state index in [1.54, 1.807) is 84.4 Å². The molecule has 3 aromatic rings. The molecule has 1 aliphatic heterocycles. The van der Waals surface area contributed by atoms with E-state index < -0.39 is 58.6 Å². The SMILES string of the molecule is C=C[C@H]1C[C@]1(NC(=O)[C@@H]1CC(Oc2cc(-c3csc(NC(C)=O)n3)nc3cc(OC)ccc23)CN1C(=O)[C@@H](NC(=O)OC(C)(C)C)C(C)(C)C)C(=O)OC. The van der Waals surface area contributed by atoms with Crippen LogP contribution in [-0.2, 0) is 28.7 Å². The highest BCUT2D eigenvalue weighted by atomic mass is 32.1. The summed E-state index contributed by atoms with van der Waals surface area (Å²) in [5.41, 5.74) is -1.44. The van der Waals surface area contributed by atoms with E-state index in [2.05, 4.69) is 27.5 Å². The first kappa shape index (κ1) is 39.9. The minimum atomic E-state index is -1.31. The number of benzene rings is 1. The number of esters is 1. The number of carbonyl (C=O) groups is 5. The molecule has 1 aliphatic carbocycles. The second-order valence-corrected chi connectivity index (χ2v) is 16.4. The Labute approximate surface area is 318 Å². The fourth-order valence-corrected chi connectivity index (χ4v) is 7.16. The van der Waals surface area contributed by atoms with Crippen LogP contribution in [0.2, 0.25) is 0 Å². The molecule has 2 aromatic heterocycles. The predicted octanol–water partition coefficient (Wildman–Crippen LogP) is 4.85. The van der Waals surface area contributed by atoms with Crippen molar-refractivity contribution in [3.63, 3.8) is 0 Å². The van der Waals surface area contributed by atoms with E-state index in [1.165, 1.54) is 30.3 Å². The van der Waals surface area contributed by atoms with Crippen molar-refractivity contribution < 1.29 is 42.9 Å². The van der Waals surface area contributed by atoms with Crippen molar-refractivity contribution in [2.45, 2.75) is 90.6 Å². The minimum absolute atomic E-state index is 0.0334. The number of amides is 4. The molecular formula is C38H48N6O9S. The number of carbonyl (C=O) groups excluding carboxylic acids is 5. The lowest BCUT2D eigenvalue weighted by molar-refractivity contribution is -0.148. The third-order valence-electron chi connectivity index (χ3n) is 9.14.